The second kappa shape index (κ2) is 4.77. The van der Waals surface area contributed by atoms with Gasteiger partial charge in [-0.2, -0.15) is 61.5 Å². The van der Waals surface area contributed by atoms with Gasteiger partial charge in [-0.1, -0.05) is 0 Å². The second-order valence-corrected chi connectivity index (χ2v) is 4.87. The average Bonchev–Trinajstić information content (AvgIpc) is 2.35. The highest BCUT2D eigenvalue weighted by atomic mass is 19.4. The van der Waals surface area contributed by atoms with E-state index in [0.717, 1.165) is 0 Å². The Kier molecular flexibility index (Phi) is 4.17. The first-order valence-electron chi connectivity index (χ1n) is 5.41. The third kappa shape index (κ3) is 2.04. The van der Waals surface area contributed by atoms with E-state index in [4.69, 9.17) is 0 Å². The highest BCUT2D eigenvalue weighted by Gasteiger charge is 2.94. The van der Waals surface area contributed by atoms with Crippen LogP contribution in [0.5, 0.6) is 0 Å². The summed E-state index contributed by atoms with van der Waals surface area (Å²) in [5, 5.41) is 0. The maximum atomic E-state index is 12.9. The fraction of sp³-hybridized carbons (Fsp3) is 1.00. The molecule has 0 N–H and O–H groups in total. The number of rotatable bonds is 0. The van der Waals surface area contributed by atoms with Crippen LogP contribution in [-0.2, 0) is 0 Å². The molecule has 0 heterocycles. The van der Waals surface area contributed by atoms with Crippen LogP contribution in [0.4, 0.5) is 65.9 Å². The molecule has 1 rings (SSSR count). The normalized spacial score (nSPS) is 35.4. The van der Waals surface area contributed by atoms with Crippen molar-refractivity contribution < 1.29 is 65.9 Å². The minimum Gasteiger partial charge on any atom is -0.240 e. The van der Waals surface area contributed by atoms with Crippen LogP contribution >= 0.6 is 0 Å². The third-order valence-electron chi connectivity index (χ3n) is 3.28. The van der Waals surface area contributed by atoms with Gasteiger partial charge >= 0.3 is 41.5 Å². The molecule has 0 bridgehead atoms. The van der Waals surface area contributed by atoms with E-state index in [9.17, 15) is 65.9 Å². The maximum Gasteiger partial charge on any atom is 0.384 e. The van der Waals surface area contributed by atoms with Crippen molar-refractivity contribution in [2.45, 2.75) is 54.1 Å². The minimum absolute atomic E-state index is 3.84. The van der Waals surface area contributed by atoms with Gasteiger partial charge in [0.2, 0.25) is 0 Å². The van der Waals surface area contributed by atoms with Gasteiger partial charge in [0.15, 0.2) is 6.17 Å². The van der Waals surface area contributed by atoms with Crippen molar-refractivity contribution in [1.29, 1.82) is 0 Å². The summed E-state index contributed by atoms with van der Waals surface area (Å²) in [7, 11) is 0. The van der Waals surface area contributed by atoms with Gasteiger partial charge in [0, 0.05) is 0 Å². The fourth-order valence-electron chi connectivity index (χ4n) is 1.71. The molecule has 0 spiro atoms. The van der Waals surface area contributed by atoms with Crippen LogP contribution in [-0.4, -0.2) is 47.6 Å². The summed E-state index contributed by atoms with van der Waals surface area (Å²) in [5.41, 5.74) is 0. The Morgan fingerprint density at radius 1 is 0.458 bits per heavy atom. The van der Waals surface area contributed by atoms with Crippen LogP contribution < -0.4 is 0 Å². The lowest BCUT2D eigenvalue weighted by molar-refractivity contribution is -0.434. The van der Waals surface area contributed by atoms with Gasteiger partial charge in [0.1, 0.15) is 0 Å². The van der Waals surface area contributed by atoms with Crippen LogP contribution in [0.3, 0.4) is 0 Å². The average molecular weight is 396 g/mol. The standard InChI is InChI=1S/C9H3F15/c10-2-1-3(11,12)5(15,16)7(19,20)9(23,24)8(21,22)6(17,18)4(2,13)14/h2H,1H2. The quantitative estimate of drug-likeness (QED) is 0.496. The summed E-state index contributed by atoms with van der Waals surface area (Å²) in [6.07, 6.45) is -9.12. The molecule has 1 saturated carbocycles. The summed E-state index contributed by atoms with van der Waals surface area (Å²) in [6.45, 7) is 0. The Bertz CT molecular complexity index is 503. The summed E-state index contributed by atoms with van der Waals surface area (Å²) < 4.78 is 194. The molecule has 0 aliphatic heterocycles. The van der Waals surface area contributed by atoms with Gasteiger partial charge < -0.3 is 0 Å². The van der Waals surface area contributed by atoms with Crippen molar-refractivity contribution in [2.24, 2.45) is 0 Å². The molecule has 0 amide bonds. The molecule has 0 aromatic heterocycles. The minimum atomic E-state index is -8.09. The second-order valence-electron chi connectivity index (χ2n) is 4.87. The monoisotopic (exact) mass is 396 g/mol. The summed E-state index contributed by atoms with van der Waals surface area (Å²) in [6, 6.07) is 0. The number of halogens is 15. The van der Waals surface area contributed by atoms with E-state index in [-0.39, 0.29) is 0 Å². The van der Waals surface area contributed by atoms with E-state index in [1.165, 1.54) is 0 Å². The van der Waals surface area contributed by atoms with Crippen molar-refractivity contribution >= 4 is 0 Å². The van der Waals surface area contributed by atoms with Crippen LogP contribution in [0.2, 0.25) is 0 Å². The summed E-state index contributed by atoms with van der Waals surface area (Å²) in [5.74, 6) is -53.2. The van der Waals surface area contributed by atoms with Crippen LogP contribution in [0.1, 0.15) is 6.42 Å². The van der Waals surface area contributed by atoms with Crippen LogP contribution in [0.25, 0.3) is 0 Å². The molecule has 144 valence electrons. The smallest absolute Gasteiger partial charge is 0.240 e. The van der Waals surface area contributed by atoms with Crippen molar-refractivity contribution in [1.82, 2.24) is 0 Å². The molecule has 15 heteroatoms. The molecule has 1 aliphatic carbocycles. The van der Waals surface area contributed by atoms with E-state index in [2.05, 4.69) is 0 Å². The molecule has 1 fully saturated rings. The Morgan fingerprint density at radius 3 is 1.12 bits per heavy atom. The van der Waals surface area contributed by atoms with E-state index >= 15 is 0 Å². The molecule has 1 unspecified atom stereocenters. The van der Waals surface area contributed by atoms with E-state index < -0.39 is 54.1 Å². The molecule has 24 heavy (non-hydrogen) atoms. The first-order chi connectivity index (χ1) is 10.1. The van der Waals surface area contributed by atoms with Gasteiger partial charge in [-0.05, 0) is 0 Å². The molecule has 1 atom stereocenters. The van der Waals surface area contributed by atoms with Crippen LogP contribution in [0, 0.1) is 0 Å². The van der Waals surface area contributed by atoms with Crippen molar-refractivity contribution in [3.8, 4) is 0 Å². The van der Waals surface area contributed by atoms with Gasteiger partial charge in [0.25, 0.3) is 0 Å². The zero-order valence-corrected chi connectivity index (χ0v) is 10.5. The van der Waals surface area contributed by atoms with Crippen molar-refractivity contribution in [3.63, 3.8) is 0 Å². The molecule has 1 aliphatic rings. The molecule has 0 saturated heterocycles. The van der Waals surface area contributed by atoms with Crippen LogP contribution in [0.15, 0.2) is 0 Å². The lowest BCUT2D eigenvalue weighted by atomic mass is 9.91. The Labute approximate surface area is 121 Å². The SMILES string of the molecule is FC1CC(F)(F)C(F)(F)C(F)(F)C(F)(F)C(F)(F)C(F)(F)C1(F)F. The van der Waals surface area contributed by atoms with Crippen molar-refractivity contribution in [3.05, 3.63) is 0 Å². The maximum absolute atomic E-state index is 12.9. The van der Waals surface area contributed by atoms with Crippen molar-refractivity contribution in [2.75, 3.05) is 0 Å². The highest BCUT2D eigenvalue weighted by molar-refractivity contribution is 5.17. The first kappa shape index (κ1) is 21.0. The lowest BCUT2D eigenvalue weighted by Crippen LogP contribution is -2.72. The van der Waals surface area contributed by atoms with E-state index in [1.54, 1.807) is 0 Å². The number of hydrogen-bond acceptors (Lipinski definition) is 0. The zero-order chi connectivity index (χ0) is 19.8. The van der Waals surface area contributed by atoms with Gasteiger partial charge in [-0.15, -0.1) is 0 Å². The number of alkyl halides is 15. The Morgan fingerprint density at radius 2 is 0.750 bits per heavy atom. The molecule has 0 nitrogen and oxygen atoms in total. The first-order valence-corrected chi connectivity index (χ1v) is 5.41. The van der Waals surface area contributed by atoms with E-state index in [0.29, 0.717) is 0 Å². The Balaban J connectivity index is 3.91. The summed E-state index contributed by atoms with van der Waals surface area (Å²) >= 11 is 0. The van der Waals surface area contributed by atoms with Gasteiger partial charge in [0.05, 0.1) is 6.42 Å². The van der Waals surface area contributed by atoms with Gasteiger partial charge in [-0.3, -0.25) is 0 Å². The predicted octanol–water partition coefficient (Wildman–Crippen LogP) is 5.18. The highest BCUT2D eigenvalue weighted by Crippen LogP contribution is 2.65. The molecular weight excluding hydrogens is 393 g/mol. The zero-order valence-electron chi connectivity index (χ0n) is 10.5. The molecule has 0 radical (unpaired) electrons. The number of hydrogen-bond donors (Lipinski definition) is 0. The predicted molar refractivity (Wildman–Crippen MR) is 44.1 cm³/mol. The fourth-order valence-corrected chi connectivity index (χ4v) is 1.71. The van der Waals surface area contributed by atoms with E-state index in [1.807, 2.05) is 0 Å². The third-order valence-corrected chi connectivity index (χ3v) is 3.28. The molecular formula is C9H3F15. The lowest BCUT2D eigenvalue weighted by Gasteiger charge is -2.40. The largest absolute Gasteiger partial charge is 0.384 e. The molecule has 0 aromatic rings. The molecule has 0 aromatic carbocycles. The van der Waals surface area contributed by atoms with Gasteiger partial charge in [-0.25, -0.2) is 4.39 Å². The summed E-state index contributed by atoms with van der Waals surface area (Å²) in [4.78, 5) is 0. The Hall–Kier alpha value is -1.05. The topological polar surface area (TPSA) is 0 Å².